The lowest BCUT2D eigenvalue weighted by Gasteiger charge is -2.35. The molecule has 4 heteroatoms. The van der Waals surface area contributed by atoms with Gasteiger partial charge in [0.15, 0.2) is 0 Å². The summed E-state index contributed by atoms with van der Waals surface area (Å²) < 4.78 is 7.89. The van der Waals surface area contributed by atoms with Gasteiger partial charge in [-0.2, -0.15) is 0 Å². The van der Waals surface area contributed by atoms with Crippen molar-refractivity contribution in [3.05, 3.63) is 71.9 Å². The fourth-order valence-corrected chi connectivity index (χ4v) is 3.95. The lowest BCUT2D eigenvalue weighted by atomic mass is 9.94. The Morgan fingerprint density at radius 3 is 2.67 bits per heavy atom. The van der Waals surface area contributed by atoms with Crippen LogP contribution in [0.2, 0.25) is 0 Å². The molecule has 2 aromatic carbocycles. The Bertz CT molecular complexity index is 943. The molecule has 4 nitrogen and oxygen atoms in total. The van der Waals surface area contributed by atoms with E-state index in [-0.39, 0.29) is 17.6 Å². The Hall–Kier alpha value is -2.59. The highest BCUT2D eigenvalue weighted by atomic mass is 16.5. The van der Waals surface area contributed by atoms with Gasteiger partial charge in [-0.3, -0.25) is 4.79 Å². The van der Waals surface area contributed by atoms with Crippen molar-refractivity contribution in [2.45, 2.75) is 44.9 Å². The van der Waals surface area contributed by atoms with Crippen molar-refractivity contribution in [1.29, 1.82) is 0 Å². The third-order valence-electron chi connectivity index (χ3n) is 5.26. The predicted octanol–water partition coefficient (Wildman–Crippen LogP) is 4.38. The van der Waals surface area contributed by atoms with Crippen molar-refractivity contribution in [1.82, 2.24) is 9.88 Å². The Morgan fingerprint density at radius 1 is 1.15 bits per heavy atom. The summed E-state index contributed by atoms with van der Waals surface area (Å²) in [5.74, 6) is -0.00942. The summed E-state index contributed by atoms with van der Waals surface area (Å²) in [6.07, 6.45) is 1.69. The molecule has 0 radical (unpaired) electrons. The van der Waals surface area contributed by atoms with Gasteiger partial charge in [0.05, 0.1) is 5.60 Å². The third kappa shape index (κ3) is 3.91. The maximum absolute atomic E-state index is 13.1. The molecule has 1 fully saturated rings. The van der Waals surface area contributed by atoms with Gasteiger partial charge in [0.2, 0.25) is 0 Å². The number of fused-ring (bicyclic) bond motifs is 1. The molecule has 0 unspecified atom stereocenters. The second-order valence-electron chi connectivity index (χ2n) is 7.93. The smallest absolute Gasteiger partial charge is 0.268 e. The van der Waals surface area contributed by atoms with Crippen LogP contribution in [0.3, 0.4) is 0 Å². The molecule has 140 valence electrons. The number of amides is 1. The summed E-state index contributed by atoms with van der Waals surface area (Å²) in [5.41, 5.74) is 2.79. The molecule has 2 heterocycles. The number of benzene rings is 2. The Kier molecular flexibility index (Phi) is 4.75. The summed E-state index contributed by atoms with van der Waals surface area (Å²) >= 11 is 0. The number of ether oxygens (including phenoxy) is 1. The van der Waals surface area contributed by atoms with E-state index < -0.39 is 0 Å². The molecule has 4 rings (SSSR count). The highest BCUT2D eigenvalue weighted by Crippen LogP contribution is 2.25. The van der Waals surface area contributed by atoms with E-state index in [1.54, 1.807) is 0 Å². The van der Waals surface area contributed by atoms with Gasteiger partial charge < -0.3 is 14.6 Å². The highest BCUT2D eigenvalue weighted by Gasteiger charge is 2.30. The molecule has 0 saturated carbocycles. The Balaban J connectivity index is 1.64. The van der Waals surface area contributed by atoms with Crippen LogP contribution in [0, 0.1) is 0 Å². The van der Waals surface area contributed by atoms with Gasteiger partial charge in [-0.1, -0.05) is 48.5 Å². The molecule has 27 heavy (non-hydrogen) atoms. The van der Waals surface area contributed by atoms with Gasteiger partial charge in [-0.25, -0.2) is 0 Å². The van der Waals surface area contributed by atoms with Gasteiger partial charge >= 0.3 is 0 Å². The van der Waals surface area contributed by atoms with Crippen LogP contribution in [0.4, 0.5) is 0 Å². The number of nitrogens with one attached hydrogen (secondary N) is 1. The number of carbonyl (C=O) groups excluding carboxylic acids is 1. The van der Waals surface area contributed by atoms with Crippen molar-refractivity contribution in [3.8, 4) is 0 Å². The van der Waals surface area contributed by atoms with Crippen LogP contribution in [0.15, 0.2) is 60.7 Å². The van der Waals surface area contributed by atoms with Gasteiger partial charge in [-0.15, -0.1) is 0 Å². The standard InChI is InChI=1S/C23H26N2O2/c1-23(2)15-19(12-13-27-23)24-22(26)21-14-18-10-6-7-11-20(18)25(21)16-17-8-4-3-5-9-17/h3-11,14,19H,12-13,15-16H2,1-2H3,(H,24,26)/t19-/m0/s1. The fraction of sp³-hybridized carbons (Fsp3) is 0.348. The number of aromatic nitrogens is 1. The molecule has 1 amide bonds. The molecular formula is C23H26N2O2. The second-order valence-corrected chi connectivity index (χ2v) is 7.93. The summed E-state index contributed by atoms with van der Waals surface area (Å²) in [4.78, 5) is 13.1. The predicted molar refractivity (Wildman–Crippen MR) is 108 cm³/mol. The summed E-state index contributed by atoms with van der Waals surface area (Å²) in [6, 6.07) is 20.6. The molecule has 1 saturated heterocycles. The summed E-state index contributed by atoms with van der Waals surface area (Å²) in [7, 11) is 0. The van der Waals surface area contributed by atoms with Crippen molar-refractivity contribution in [3.63, 3.8) is 0 Å². The lowest BCUT2D eigenvalue weighted by molar-refractivity contribution is -0.0615. The topological polar surface area (TPSA) is 43.3 Å². The van der Waals surface area contributed by atoms with Crippen LogP contribution < -0.4 is 5.32 Å². The first kappa shape index (κ1) is 17.8. The van der Waals surface area contributed by atoms with Gasteiger partial charge in [0.1, 0.15) is 5.69 Å². The summed E-state index contributed by atoms with van der Waals surface area (Å²) in [6.45, 7) is 5.52. The molecule has 0 bridgehead atoms. The van der Waals surface area contributed by atoms with Crippen LogP contribution in [0.1, 0.15) is 42.7 Å². The van der Waals surface area contributed by atoms with Gasteiger partial charge in [0.25, 0.3) is 5.91 Å². The quantitative estimate of drug-likeness (QED) is 0.749. The molecule has 0 spiro atoms. The average Bonchev–Trinajstić information content (AvgIpc) is 3.01. The number of carbonyl (C=O) groups is 1. The summed E-state index contributed by atoms with van der Waals surface area (Å²) in [5, 5.41) is 4.33. The minimum atomic E-state index is -0.188. The third-order valence-corrected chi connectivity index (χ3v) is 5.26. The Labute approximate surface area is 160 Å². The molecular weight excluding hydrogens is 336 g/mol. The Morgan fingerprint density at radius 2 is 1.89 bits per heavy atom. The largest absolute Gasteiger partial charge is 0.375 e. The van der Waals surface area contributed by atoms with E-state index in [0.29, 0.717) is 18.8 Å². The number of rotatable bonds is 4. The first-order chi connectivity index (χ1) is 13.0. The molecule has 1 aromatic heterocycles. The zero-order valence-corrected chi connectivity index (χ0v) is 15.9. The van der Waals surface area contributed by atoms with Crippen molar-refractivity contribution in [2.75, 3.05) is 6.61 Å². The monoisotopic (exact) mass is 362 g/mol. The maximum atomic E-state index is 13.1. The van der Waals surface area contributed by atoms with Gasteiger partial charge in [-0.05, 0) is 44.4 Å². The normalized spacial score (nSPS) is 19.1. The number of nitrogens with zero attached hydrogens (tertiary/aromatic N) is 1. The lowest BCUT2D eigenvalue weighted by Crippen LogP contribution is -2.46. The molecule has 0 aliphatic carbocycles. The van der Waals surface area contributed by atoms with Crippen LogP contribution in [0.25, 0.3) is 10.9 Å². The average molecular weight is 362 g/mol. The maximum Gasteiger partial charge on any atom is 0.268 e. The second kappa shape index (κ2) is 7.20. The van der Waals surface area contributed by atoms with E-state index in [9.17, 15) is 4.79 Å². The van der Waals surface area contributed by atoms with E-state index in [1.165, 1.54) is 5.56 Å². The fourth-order valence-electron chi connectivity index (χ4n) is 3.95. The van der Waals surface area contributed by atoms with Crippen LogP contribution >= 0.6 is 0 Å². The molecule has 1 atom stereocenters. The molecule has 1 aliphatic heterocycles. The van der Waals surface area contributed by atoms with E-state index in [2.05, 4.69) is 48.0 Å². The number of para-hydroxylation sites is 1. The SMILES string of the molecule is CC1(C)C[C@@H](NC(=O)c2cc3ccccc3n2Cc2ccccc2)CCO1. The van der Waals surface area contributed by atoms with Crippen molar-refractivity contribution >= 4 is 16.8 Å². The van der Waals surface area contributed by atoms with Crippen LogP contribution in [0.5, 0.6) is 0 Å². The van der Waals surface area contributed by atoms with E-state index in [0.717, 1.165) is 23.7 Å². The first-order valence-corrected chi connectivity index (χ1v) is 9.59. The minimum Gasteiger partial charge on any atom is -0.375 e. The van der Waals surface area contributed by atoms with E-state index in [1.807, 2.05) is 36.4 Å². The van der Waals surface area contributed by atoms with Gasteiger partial charge in [0, 0.05) is 30.1 Å². The highest BCUT2D eigenvalue weighted by molar-refractivity contribution is 5.99. The van der Waals surface area contributed by atoms with Crippen molar-refractivity contribution < 1.29 is 9.53 Å². The number of hydrogen-bond donors (Lipinski definition) is 1. The van der Waals surface area contributed by atoms with E-state index >= 15 is 0 Å². The van der Waals surface area contributed by atoms with Crippen molar-refractivity contribution in [2.24, 2.45) is 0 Å². The molecule has 1 aliphatic rings. The van der Waals surface area contributed by atoms with E-state index in [4.69, 9.17) is 4.74 Å². The molecule has 3 aromatic rings. The minimum absolute atomic E-state index is 0.00942. The molecule has 1 N–H and O–H groups in total. The zero-order valence-electron chi connectivity index (χ0n) is 15.9. The number of hydrogen-bond acceptors (Lipinski definition) is 2. The van der Waals surface area contributed by atoms with Crippen LogP contribution in [-0.2, 0) is 11.3 Å². The zero-order chi connectivity index (χ0) is 18.9. The first-order valence-electron chi connectivity index (χ1n) is 9.59. The van der Waals surface area contributed by atoms with Crippen LogP contribution in [-0.4, -0.2) is 28.7 Å².